The van der Waals surface area contributed by atoms with Crippen LogP contribution in [0.3, 0.4) is 0 Å². The monoisotopic (exact) mass is 322 g/mol. The van der Waals surface area contributed by atoms with E-state index >= 15 is 0 Å². The lowest BCUT2D eigenvalue weighted by molar-refractivity contribution is -0.276. The second-order valence-electron chi connectivity index (χ2n) is 5.51. The Morgan fingerprint density at radius 3 is 1.96 bits per heavy atom. The second kappa shape index (κ2) is 5.89. The Morgan fingerprint density at radius 2 is 1.39 bits per heavy atom. The van der Waals surface area contributed by atoms with Crippen LogP contribution in [0.1, 0.15) is 11.1 Å². The van der Waals surface area contributed by atoms with Gasteiger partial charge in [-0.15, -0.1) is 0 Å². The van der Waals surface area contributed by atoms with Crippen molar-refractivity contribution in [3.05, 3.63) is 41.5 Å². The summed E-state index contributed by atoms with van der Waals surface area (Å²) in [5, 5.41) is 0. The molecule has 6 heteroatoms. The van der Waals surface area contributed by atoms with Crippen molar-refractivity contribution in [3.8, 4) is 5.75 Å². The van der Waals surface area contributed by atoms with Crippen LogP contribution in [0.25, 0.3) is 0 Å². The average molecular weight is 322 g/mol. The fourth-order valence-electron chi connectivity index (χ4n) is 3.70. The standard InChI is InChI=1S/C17H22O6/c1-18-12-8-6-7-11-13(12)17(15(21-4)22-5)10-9-16(11,23-17)14(19-2)20-3/h6-10,14-15H,1-5H3. The lowest BCUT2D eigenvalue weighted by Gasteiger charge is -2.33. The van der Waals surface area contributed by atoms with Crippen LogP contribution in [0.4, 0.5) is 0 Å². The molecule has 2 aliphatic heterocycles. The van der Waals surface area contributed by atoms with E-state index in [1.807, 2.05) is 30.4 Å². The first-order valence-electron chi connectivity index (χ1n) is 7.33. The highest BCUT2D eigenvalue weighted by Crippen LogP contribution is 2.60. The third-order valence-corrected chi connectivity index (χ3v) is 4.53. The minimum atomic E-state index is -0.916. The van der Waals surface area contributed by atoms with E-state index < -0.39 is 23.8 Å². The molecule has 2 unspecified atom stereocenters. The molecule has 2 bridgehead atoms. The molecule has 23 heavy (non-hydrogen) atoms. The van der Waals surface area contributed by atoms with Gasteiger partial charge in [-0.2, -0.15) is 0 Å². The molecule has 0 aromatic heterocycles. The molecule has 0 saturated heterocycles. The van der Waals surface area contributed by atoms with Gasteiger partial charge in [0.05, 0.1) is 7.11 Å². The van der Waals surface area contributed by atoms with Gasteiger partial charge in [0.15, 0.2) is 23.8 Å². The Hall–Kier alpha value is -1.44. The number of rotatable bonds is 7. The van der Waals surface area contributed by atoms with Gasteiger partial charge in [0.25, 0.3) is 0 Å². The smallest absolute Gasteiger partial charge is 0.194 e. The van der Waals surface area contributed by atoms with Gasteiger partial charge >= 0.3 is 0 Å². The molecule has 0 fully saturated rings. The Balaban J connectivity index is 2.24. The van der Waals surface area contributed by atoms with Gasteiger partial charge in [-0.3, -0.25) is 0 Å². The molecule has 2 aliphatic rings. The molecule has 2 atom stereocenters. The van der Waals surface area contributed by atoms with Crippen LogP contribution in [0.15, 0.2) is 30.4 Å². The summed E-state index contributed by atoms with van der Waals surface area (Å²) < 4.78 is 34.1. The number of ether oxygens (including phenoxy) is 6. The van der Waals surface area contributed by atoms with Gasteiger partial charge < -0.3 is 28.4 Å². The predicted molar refractivity (Wildman–Crippen MR) is 82.2 cm³/mol. The summed E-state index contributed by atoms with van der Waals surface area (Å²) in [5.74, 6) is 0.707. The van der Waals surface area contributed by atoms with Gasteiger partial charge in [-0.1, -0.05) is 12.1 Å². The summed E-state index contributed by atoms with van der Waals surface area (Å²) in [6.45, 7) is 0. The second-order valence-corrected chi connectivity index (χ2v) is 5.51. The van der Waals surface area contributed by atoms with Crippen LogP contribution in [0.5, 0.6) is 5.75 Å². The van der Waals surface area contributed by atoms with Crippen LogP contribution in [0.2, 0.25) is 0 Å². The average Bonchev–Trinajstić information content (AvgIpc) is 3.11. The van der Waals surface area contributed by atoms with E-state index in [0.29, 0.717) is 5.75 Å². The third kappa shape index (κ3) is 2.00. The SMILES string of the molecule is COc1cccc2c1C1(C(OC)OC)C=CC2(C(OC)OC)O1. The van der Waals surface area contributed by atoms with Crippen molar-refractivity contribution in [2.45, 2.75) is 23.8 Å². The van der Waals surface area contributed by atoms with Crippen LogP contribution in [-0.2, 0) is 34.9 Å². The highest BCUT2D eigenvalue weighted by Gasteiger charge is 2.64. The molecular weight excluding hydrogens is 300 g/mol. The Kier molecular flexibility index (Phi) is 4.20. The van der Waals surface area contributed by atoms with Gasteiger partial charge in [0, 0.05) is 39.6 Å². The van der Waals surface area contributed by atoms with Crippen LogP contribution in [-0.4, -0.2) is 48.1 Å². The maximum Gasteiger partial charge on any atom is 0.194 e. The topological polar surface area (TPSA) is 55.4 Å². The van der Waals surface area contributed by atoms with Crippen molar-refractivity contribution in [2.75, 3.05) is 35.5 Å². The number of benzene rings is 1. The number of methoxy groups -OCH3 is 5. The van der Waals surface area contributed by atoms with Crippen molar-refractivity contribution in [1.29, 1.82) is 0 Å². The molecular formula is C17H22O6. The van der Waals surface area contributed by atoms with Crippen molar-refractivity contribution in [1.82, 2.24) is 0 Å². The van der Waals surface area contributed by atoms with E-state index in [-0.39, 0.29) is 0 Å². The first-order valence-corrected chi connectivity index (χ1v) is 7.33. The molecule has 0 aliphatic carbocycles. The van der Waals surface area contributed by atoms with Crippen LogP contribution < -0.4 is 4.74 Å². The Labute approximate surface area is 135 Å². The van der Waals surface area contributed by atoms with Gasteiger partial charge in [0.2, 0.25) is 0 Å². The predicted octanol–water partition coefficient (Wildman–Crippen LogP) is 1.92. The molecule has 0 saturated carbocycles. The van der Waals surface area contributed by atoms with Gasteiger partial charge in [-0.25, -0.2) is 0 Å². The quantitative estimate of drug-likeness (QED) is 0.565. The first-order chi connectivity index (χ1) is 11.1. The van der Waals surface area contributed by atoms with E-state index in [2.05, 4.69) is 0 Å². The minimum Gasteiger partial charge on any atom is -0.496 e. The van der Waals surface area contributed by atoms with E-state index in [1.54, 1.807) is 35.5 Å². The largest absolute Gasteiger partial charge is 0.496 e. The zero-order valence-electron chi connectivity index (χ0n) is 14.0. The molecule has 0 amide bonds. The van der Waals surface area contributed by atoms with Crippen LogP contribution in [0, 0.1) is 0 Å². The van der Waals surface area contributed by atoms with E-state index in [4.69, 9.17) is 28.4 Å². The molecule has 3 rings (SSSR count). The normalized spacial score (nSPS) is 28.0. The molecule has 1 aromatic carbocycles. The number of hydrogen-bond donors (Lipinski definition) is 0. The first kappa shape index (κ1) is 16.4. The fraction of sp³-hybridized carbons (Fsp3) is 0.529. The van der Waals surface area contributed by atoms with Gasteiger partial charge in [-0.05, 0) is 18.2 Å². The summed E-state index contributed by atoms with van der Waals surface area (Å²) in [6.07, 6.45) is 2.63. The highest BCUT2D eigenvalue weighted by molar-refractivity contribution is 5.58. The minimum absolute atomic E-state index is 0.608. The lowest BCUT2D eigenvalue weighted by atomic mass is 9.80. The maximum atomic E-state index is 6.46. The number of hydrogen-bond acceptors (Lipinski definition) is 6. The molecule has 0 spiro atoms. The molecule has 0 radical (unpaired) electrons. The summed E-state index contributed by atoms with van der Waals surface area (Å²) >= 11 is 0. The van der Waals surface area contributed by atoms with Crippen molar-refractivity contribution >= 4 is 0 Å². The van der Waals surface area contributed by atoms with Crippen molar-refractivity contribution < 1.29 is 28.4 Å². The molecule has 6 nitrogen and oxygen atoms in total. The molecule has 1 aromatic rings. The fourth-order valence-corrected chi connectivity index (χ4v) is 3.70. The van der Waals surface area contributed by atoms with Crippen molar-refractivity contribution in [3.63, 3.8) is 0 Å². The molecule has 126 valence electrons. The highest BCUT2D eigenvalue weighted by atomic mass is 16.7. The van der Waals surface area contributed by atoms with E-state index in [0.717, 1.165) is 11.1 Å². The molecule has 2 heterocycles. The maximum absolute atomic E-state index is 6.46. The Morgan fingerprint density at radius 1 is 0.826 bits per heavy atom. The van der Waals surface area contributed by atoms with E-state index in [9.17, 15) is 0 Å². The summed E-state index contributed by atoms with van der Waals surface area (Å²) in [6, 6.07) is 5.79. The van der Waals surface area contributed by atoms with Gasteiger partial charge in [0.1, 0.15) is 5.75 Å². The summed E-state index contributed by atoms with van der Waals surface area (Å²) in [7, 11) is 7.96. The summed E-state index contributed by atoms with van der Waals surface area (Å²) in [5.41, 5.74) is 0.00799. The zero-order valence-corrected chi connectivity index (χ0v) is 14.0. The van der Waals surface area contributed by atoms with Crippen LogP contribution >= 0.6 is 0 Å². The van der Waals surface area contributed by atoms with Crippen molar-refractivity contribution in [2.24, 2.45) is 0 Å². The van der Waals surface area contributed by atoms with E-state index in [1.165, 1.54) is 0 Å². The Bertz CT molecular complexity index is 607. The lowest BCUT2D eigenvalue weighted by Crippen LogP contribution is -2.42. The third-order valence-electron chi connectivity index (χ3n) is 4.53. The molecule has 0 N–H and O–H groups in total. The number of fused-ring (bicyclic) bond motifs is 5. The summed E-state index contributed by atoms with van der Waals surface area (Å²) in [4.78, 5) is 0. The zero-order chi connectivity index (χ0) is 16.7.